The minimum Gasteiger partial charge on any atom is -0.369 e. The number of nitrogens with zero attached hydrogens (tertiary/aromatic N) is 2. The summed E-state index contributed by atoms with van der Waals surface area (Å²) in [4.78, 5) is 23.0. The molecule has 0 fully saturated rings. The van der Waals surface area contributed by atoms with E-state index in [2.05, 4.69) is 23.8 Å². The molecule has 2 aromatic heterocycles. The molecule has 0 bridgehead atoms. The highest BCUT2D eigenvalue weighted by Crippen LogP contribution is 2.40. The number of aromatic nitrogens is 2. The predicted octanol–water partition coefficient (Wildman–Crippen LogP) is 2.96. The maximum Gasteiger partial charge on any atom is 0.227 e. The summed E-state index contributed by atoms with van der Waals surface area (Å²) < 4.78 is 0. The van der Waals surface area contributed by atoms with Crippen LogP contribution in [-0.4, -0.2) is 21.6 Å². The lowest BCUT2D eigenvalue weighted by molar-refractivity contribution is -0.115. The molecular weight excluding hydrogens is 302 g/mol. The first-order valence-corrected chi connectivity index (χ1v) is 9.11. The van der Waals surface area contributed by atoms with E-state index >= 15 is 0 Å². The fourth-order valence-electron chi connectivity index (χ4n) is 2.75. The number of carbonyl (C=O) groups excluding carboxylic acids is 1. The van der Waals surface area contributed by atoms with Gasteiger partial charge in [-0.15, -0.1) is 11.3 Å². The van der Waals surface area contributed by atoms with Crippen molar-refractivity contribution < 1.29 is 4.79 Å². The summed E-state index contributed by atoms with van der Waals surface area (Å²) in [7, 11) is 0. The fraction of sp³-hybridized carbons (Fsp3) is 0.533. The number of amides is 1. The van der Waals surface area contributed by atoms with E-state index in [1.54, 1.807) is 11.3 Å². The van der Waals surface area contributed by atoms with Crippen LogP contribution in [0.25, 0.3) is 10.2 Å². The topological polar surface area (TPSA) is 68.9 Å². The van der Waals surface area contributed by atoms with Crippen LogP contribution in [0.1, 0.15) is 36.5 Å². The Morgan fingerprint density at radius 2 is 2.29 bits per heavy atom. The molecule has 3 rings (SSSR count). The first kappa shape index (κ1) is 14.8. The zero-order valence-corrected chi connectivity index (χ0v) is 13.9. The van der Waals surface area contributed by atoms with Gasteiger partial charge in [0.15, 0.2) is 0 Å². The highest BCUT2D eigenvalue weighted by molar-refractivity contribution is 8.00. The average Bonchev–Trinajstić information content (AvgIpc) is 2.81. The van der Waals surface area contributed by atoms with E-state index in [1.165, 1.54) is 34.0 Å². The van der Waals surface area contributed by atoms with E-state index in [1.807, 2.05) is 0 Å². The molecule has 1 atom stereocenters. The highest BCUT2D eigenvalue weighted by atomic mass is 32.2. The fourth-order valence-corrected chi connectivity index (χ4v) is 5.03. The van der Waals surface area contributed by atoms with E-state index in [0.29, 0.717) is 0 Å². The van der Waals surface area contributed by atoms with Gasteiger partial charge in [-0.2, -0.15) is 0 Å². The van der Waals surface area contributed by atoms with Crippen LogP contribution < -0.4 is 5.73 Å². The standard InChI is InChI=1S/C15H19N3OS2/c1-3-12-17-14(20-7-11(16)19)13-9-5-4-8(2)6-10(9)21-15(13)18-12/h8H,3-7H2,1-2H3,(H2,16,19)/t8-/m0/s1. The summed E-state index contributed by atoms with van der Waals surface area (Å²) >= 11 is 3.25. The molecule has 2 aromatic rings. The minimum atomic E-state index is -0.303. The molecule has 4 nitrogen and oxygen atoms in total. The monoisotopic (exact) mass is 321 g/mol. The van der Waals surface area contributed by atoms with Gasteiger partial charge in [0.05, 0.1) is 5.75 Å². The Hall–Kier alpha value is -1.14. The zero-order chi connectivity index (χ0) is 15.0. The van der Waals surface area contributed by atoms with E-state index in [9.17, 15) is 4.79 Å². The largest absolute Gasteiger partial charge is 0.369 e. The lowest BCUT2D eigenvalue weighted by atomic mass is 9.89. The molecule has 112 valence electrons. The molecule has 1 amide bonds. The third-order valence-electron chi connectivity index (χ3n) is 3.84. The Morgan fingerprint density at radius 1 is 1.48 bits per heavy atom. The molecule has 0 spiro atoms. The van der Waals surface area contributed by atoms with E-state index in [4.69, 9.17) is 5.73 Å². The summed E-state index contributed by atoms with van der Waals surface area (Å²) in [6.45, 7) is 4.36. The molecule has 0 unspecified atom stereocenters. The van der Waals surface area contributed by atoms with Crippen molar-refractivity contribution in [1.82, 2.24) is 9.97 Å². The van der Waals surface area contributed by atoms with Gasteiger partial charge >= 0.3 is 0 Å². The Bertz CT molecular complexity index is 696. The number of hydrogen-bond donors (Lipinski definition) is 1. The predicted molar refractivity (Wildman–Crippen MR) is 87.9 cm³/mol. The Balaban J connectivity index is 2.12. The van der Waals surface area contributed by atoms with Crippen molar-refractivity contribution in [3.8, 4) is 0 Å². The van der Waals surface area contributed by atoms with Gasteiger partial charge in [-0.25, -0.2) is 9.97 Å². The van der Waals surface area contributed by atoms with Gasteiger partial charge in [-0.05, 0) is 30.7 Å². The Labute approximate surface area is 132 Å². The number of fused-ring (bicyclic) bond motifs is 3. The van der Waals surface area contributed by atoms with Gasteiger partial charge < -0.3 is 5.73 Å². The summed E-state index contributed by atoms with van der Waals surface area (Å²) in [5.74, 6) is 1.56. The van der Waals surface area contributed by atoms with Crippen molar-refractivity contribution >= 4 is 39.2 Å². The van der Waals surface area contributed by atoms with Crippen molar-refractivity contribution in [2.75, 3.05) is 5.75 Å². The number of hydrogen-bond acceptors (Lipinski definition) is 5. The molecule has 1 aliphatic carbocycles. The van der Waals surface area contributed by atoms with E-state index in [-0.39, 0.29) is 11.7 Å². The smallest absolute Gasteiger partial charge is 0.227 e. The average molecular weight is 321 g/mol. The van der Waals surface area contributed by atoms with Gasteiger partial charge in [0.25, 0.3) is 0 Å². The SMILES string of the molecule is CCc1nc(SCC(N)=O)c2c3c(sc2n1)C[C@@H](C)CC3. The Morgan fingerprint density at radius 3 is 3.00 bits per heavy atom. The molecule has 0 saturated heterocycles. The highest BCUT2D eigenvalue weighted by Gasteiger charge is 2.24. The van der Waals surface area contributed by atoms with Crippen LogP contribution in [0.3, 0.4) is 0 Å². The first-order chi connectivity index (χ1) is 10.1. The zero-order valence-electron chi connectivity index (χ0n) is 12.3. The lowest BCUT2D eigenvalue weighted by Gasteiger charge is -2.18. The number of primary amides is 1. The van der Waals surface area contributed by atoms with Gasteiger partial charge in [0, 0.05) is 16.7 Å². The second-order valence-corrected chi connectivity index (χ2v) is 7.63. The van der Waals surface area contributed by atoms with Crippen molar-refractivity contribution in [1.29, 1.82) is 0 Å². The number of aryl methyl sites for hydroxylation is 2. The molecule has 2 N–H and O–H groups in total. The van der Waals surface area contributed by atoms with Crippen LogP contribution in [-0.2, 0) is 24.1 Å². The van der Waals surface area contributed by atoms with Gasteiger partial charge in [-0.1, -0.05) is 25.6 Å². The van der Waals surface area contributed by atoms with Gasteiger partial charge in [0.1, 0.15) is 15.7 Å². The van der Waals surface area contributed by atoms with Crippen LogP contribution in [0.4, 0.5) is 0 Å². The van der Waals surface area contributed by atoms with Crippen molar-refractivity contribution in [3.63, 3.8) is 0 Å². The third-order valence-corrected chi connectivity index (χ3v) is 5.98. The number of thiophene rings is 1. The van der Waals surface area contributed by atoms with E-state index < -0.39 is 0 Å². The van der Waals surface area contributed by atoms with Crippen molar-refractivity contribution in [3.05, 3.63) is 16.3 Å². The maximum absolute atomic E-state index is 11.1. The summed E-state index contributed by atoms with van der Waals surface area (Å²) in [6.07, 6.45) is 4.25. The molecule has 0 radical (unpaired) electrons. The van der Waals surface area contributed by atoms with Crippen LogP contribution in [0.5, 0.6) is 0 Å². The van der Waals surface area contributed by atoms with Crippen LogP contribution in [0.2, 0.25) is 0 Å². The molecule has 0 aromatic carbocycles. The number of carbonyl (C=O) groups is 1. The number of nitrogens with two attached hydrogens (primary N) is 1. The molecule has 2 heterocycles. The quantitative estimate of drug-likeness (QED) is 0.694. The Kier molecular flexibility index (Phi) is 4.17. The number of rotatable bonds is 4. The summed E-state index contributed by atoms with van der Waals surface area (Å²) in [5.41, 5.74) is 6.69. The lowest BCUT2D eigenvalue weighted by Crippen LogP contribution is -2.13. The molecule has 6 heteroatoms. The summed E-state index contributed by atoms with van der Waals surface area (Å²) in [5, 5.41) is 2.10. The van der Waals surface area contributed by atoms with Gasteiger partial charge in [0.2, 0.25) is 5.91 Å². The normalized spacial score (nSPS) is 17.9. The van der Waals surface area contributed by atoms with Crippen molar-refractivity contribution in [2.24, 2.45) is 11.7 Å². The second-order valence-electron chi connectivity index (χ2n) is 5.59. The molecule has 0 aliphatic heterocycles. The van der Waals surface area contributed by atoms with Crippen LogP contribution in [0, 0.1) is 5.92 Å². The molecular formula is C15H19N3OS2. The van der Waals surface area contributed by atoms with Crippen molar-refractivity contribution in [2.45, 2.75) is 44.6 Å². The molecule has 0 saturated carbocycles. The van der Waals surface area contributed by atoms with Crippen LogP contribution in [0.15, 0.2) is 5.03 Å². The molecule has 1 aliphatic rings. The number of thioether (sulfide) groups is 1. The van der Waals surface area contributed by atoms with E-state index in [0.717, 1.165) is 40.9 Å². The summed E-state index contributed by atoms with van der Waals surface area (Å²) in [6, 6.07) is 0. The maximum atomic E-state index is 11.1. The third kappa shape index (κ3) is 2.92. The first-order valence-electron chi connectivity index (χ1n) is 7.30. The molecule has 21 heavy (non-hydrogen) atoms. The van der Waals surface area contributed by atoms with Crippen LogP contribution >= 0.6 is 23.1 Å². The van der Waals surface area contributed by atoms with Gasteiger partial charge in [-0.3, -0.25) is 4.79 Å². The minimum absolute atomic E-state index is 0.274. The second kappa shape index (κ2) is 5.93.